The maximum Gasteiger partial charge on any atom is 0.235 e. The minimum absolute atomic E-state index is 0.165. The summed E-state index contributed by atoms with van der Waals surface area (Å²) in [6, 6.07) is 12.2. The van der Waals surface area contributed by atoms with E-state index >= 15 is 0 Å². The molecule has 0 radical (unpaired) electrons. The lowest BCUT2D eigenvalue weighted by atomic mass is 9.65. The van der Waals surface area contributed by atoms with Crippen LogP contribution in [0.3, 0.4) is 0 Å². The van der Waals surface area contributed by atoms with Gasteiger partial charge >= 0.3 is 0 Å². The first-order valence-electron chi connectivity index (χ1n) is 9.99. The van der Waals surface area contributed by atoms with E-state index in [4.69, 9.17) is 4.74 Å². The van der Waals surface area contributed by atoms with Crippen molar-refractivity contribution >= 4 is 34.9 Å². The molecule has 1 amide bonds. The van der Waals surface area contributed by atoms with Crippen LogP contribution in [0.25, 0.3) is 0 Å². The molecule has 2 aromatic carbocycles. The normalized spacial score (nSPS) is 19.0. The van der Waals surface area contributed by atoms with E-state index in [2.05, 4.69) is 27.5 Å². The lowest BCUT2D eigenvalue weighted by Gasteiger charge is -2.36. The highest BCUT2D eigenvalue weighted by Gasteiger charge is 2.51. The molecule has 5 nitrogen and oxygen atoms in total. The van der Waals surface area contributed by atoms with Gasteiger partial charge in [0.15, 0.2) is 0 Å². The number of hydrogen-bond acceptors (Lipinski definition) is 5. The second kappa shape index (κ2) is 6.92. The highest BCUT2D eigenvalue weighted by atomic mass is 32.2. The number of ether oxygens (including phenoxy) is 1. The average molecular weight is 396 g/mol. The fourth-order valence-electron chi connectivity index (χ4n) is 4.13. The zero-order valence-electron chi connectivity index (χ0n) is 16.0. The van der Waals surface area contributed by atoms with Gasteiger partial charge < -0.3 is 20.1 Å². The summed E-state index contributed by atoms with van der Waals surface area (Å²) in [4.78, 5) is 13.8. The number of rotatable bonds is 7. The Balaban J connectivity index is 1.44. The van der Waals surface area contributed by atoms with E-state index in [0.29, 0.717) is 0 Å². The Morgan fingerprint density at radius 3 is 2.79 bits per heavy atom. The Morgan fingerprint density at radius 1 is 1.25 bits per heavy atom. The topological polar surface area (TPSA) is 62.4 Å². The number of carbonyl (C=O) groups is 1. The molecule has 2 saturated carbocycles. The molecule has 2 fully saturated rings. The number of amides is 1. The molecular formula is C22H25N3O2S. The molecule has 28 heavy (non-hydrogen) atoms. The van der Waals surface area contributed by atoms with Gasteiger partial charge in [0.05, 0.1) is 28.8 Å². The molecule has 3 aliphatic rings. The van der Waals surface area contributed by atoms with Crippen LogP contribution in [0.1, 0.15) is 37.7 Å². The van der Waals surface area contributed by atoms with Crippen LogP contribution >= 0.6 is 11.9 Å². The SMILES string of the molecule is COc1ccccc1SNc1cc(NCC2CC2)c2c(c1)C1(CCC1)C(=O)N2. The number of fused-ring (bicyclic) bond motifs is 2. The van der Waals surface area contributed by atoms with Gasteiger partial charge in [-0.1, -0.05) is 18.6 Å². The summed E-state index contributed by atoms with van der Waals surface area (Å²) in [7, 11) is 1.69. The molecule has 6 heteroatoms. The van der Waals surface area contributed by atoms with Crippen molar-refractivity contribution < 1.29 is 9.53 Å². The van der Waals surface area contributed by atoms with Gasteiger partial charge in [0.1, 0.15) is 5.75 Å². The molecule has 3 N–H and O–H groups in total. The third-order valence-electron chi connectivity index (χ3n) is 6.16. The van der Waals surface area contributed by atoms with Crippen LogP contribution in [0.2, 0.25) is 0 Å². The van der Waals surface area contributed by atoms with Crippen LogP contribution in [-0.4, -0.2) is 19.6 Å². The monoisotopic (exact) mass is 395 g/mol. The van der Waals surface area contributed by atoms with Crippen LogP contribution < -0.4 is 20.1 Å². The minimum atomic E-state index is -0.321. The van der Waals surface area contributed by atoms with Gasteiger partial charge in [-0.25, -0.2) is 0 Å². The lowest BCUT2D eigenvalue weighted by molar-refractivity contribution is -0.123. The quantitative estimate of drug-likeness (QED) is 0.575. The van der Waals surface area contributed by atoms with Crippen molar-refractivity contribution in [1.82, 2.24) is 0 Å². The van der Waals surface area contributed by atoms with E-state index in [-0.39, 0.29) is 11.3 Å². The van der Waals surface area contributed by atoms with E-state index in [9.17, 15) is 4.79 Å². The van der Waals surface area contributed by atoms with Gasteiger partial charge in [-0.05, 0) is 73.4 Å². The molecule has 0 bridgehead atoms. The molecule has 0 atom stereocenters. The largest absolute Gasteiger partial charge is 0.496 e. The van der Waals surface area contributed by atoms with Gasteiger partial charge in [0, 0.05) is 12.2 Å². The van der Waals surface area contributed by atoms with E-state index in [0.717, 1.165) is 65.0 Å². The smallest absolute Gasteiger partial charge is 0.235 e. The average Bonchev–Trinajstić information content (AvgIpc) is 3.45. The minimum Gasteiger partial charge on any atom is -0.496 e. The van der Waals surface area contributed by atoms with E-state index in [1.165, 1.54) is 24.8 Å². The lowest BCUT2D eigenvalue weighted by Crippen LogP contribution is -2.40. The fourth-order valence-corrected chi connectivity index (χ4v) is 4.87. The van der Waals surface area contributed by atoms with Crippen LogP contribution in [0.4, 0.5) is 17.1 Å². The number of anilines is 3. The van der Waals surface area contributed by atoms with Crippen LogP contribution in [-0.2, 0) is 10.2 Å². The maximum absolute atomic E-state index is 12.7. The molecule has 0 unspecified atom stereocenters. The van der Waals surface area contributed by atoms with Gasteiger partial charge in [-0.15, -0.1) is 0 Å². The summed E-state index contributed by atoms with van der Waals surface area (Å²) in [6.07, 6.45) is 5.60. The molecule has 5 rings (SSSR count). The summed E-state index contributed by atoms with van der Waals surface area (Å²) in [5, 5.41) is 6.75. The van der Waals surface area contributed by atoms with Gasteiger partial charge in [0.25, 0.3) is 0 Å². The summed E-state index contributed by atoms with van der Waals surface area (Å²) in [6.45, 7) is 0.971. The predicted molar refractivity (Wildman–Crippen MR) is 114 cm³/mol. The van der Waals surface area contributed by atoms with Crippen molar-refractivity contribution in [3.8, 4) is 5.75 Å². The Bertz CT molecular complexity index is 922. The van der Waals surface area contributed by atoms with Crippen molar-refractivity contribution in [3.05, 3.63) is 42.0 Å². The second-order valence-corrected chi connectivity index (χ2v) is 8.86. The zero-order valence-corrected chi connectivity index (χ0v) is 16.8. The first-order valence-corrected chi connectivity index (χ1v) is 10.8. The third-order valence-corrected chi connectivity index (χ3v) is 7.06. The van der Waals surface area contributed by atoms with Crippen LogP contribution in [0.15, 0.2) is 41.3 Å². The molecule has 0 aromatic heterocycles. The van der Waals surface area contributed by atoms with E-state index in [1.807, 2.05) is 24.3 Å². The molecular weight excluding hydrogens is 370 g/mol. The Hall–Kier alpha value is -2.34. The molecule has 2 aliphatic carbocycles. The van der Waals surface area contributed by atoms with Crippen molar-refractivity contribution in [2.24, 2.45) is 5.92 Å². The Labute approximate surface area is 169 Å². The summed E-state index contributed by atoms with van der Waals surface area (Å²) in [5.41, 5.74) is 3.85. The number of carbonyl (C=O) groups excluding carboxylic acids is 1. The van der Waals surface area contributed by atoms with E-state index in [1.54, 1.807) is 7.11 Å². The molecule has 0 saturated heterocycles. The van der Waals surface area contributed by atoms with Crippen molar-refractivity contribution in [3.63, 3.8) is 0 Å². The number of nitrogens with one attached hydrogen (secondary N) is 3. The second-order valence-electron chi connectivity index (χ2n) is 8.02. The van der Waals surface area contributed by atoms with Gasteiger partial charge in [0.2, 0.25) is 5.91 Å². The molecule has 146 valence electrons. The van der Waals surface area contributed by atoms with Crippen molar-refractivity contribution in [2.45, 2.75) is 42.4 Å². The standard InChI is InChI=1S/C22H25N3O2S/c1-27-18-5-2-3-6-19(18)28-25-15-11-16-20(17(12-15)23-13-14-7-8-14)24-21(26)22(16)9-4-10-22/h2-3,5-6,11-12,14,23,25H,4,7-10,13H2,1H3,(H,24,26). The zero-order chi connectivity index (χ0) is 19.1. The van der Waals surface area contributed by atoms with Crippen LogP contribution in [0.5, 0.6) is 5.75 Å². The first-order chi connectivity index (χ1) is 13.7. The highest BCUT2D eigenvalue weighted by molar-refractivity contribution is 8.00. The van der Waals surface area contributed by atoms with E-state index < -0.39 is 0 Å². The number of benzene rings is 2. The number of methoxy groups -OCH3 is 1. The van der Waals surface area contributed by atoms with Crippen LogP contribution in [0, 0.1) is 5.92 Å². The first kappa shape index (κ1) is 17.7. The molecule has 1 spiro atoms. The third kappa shape index (κ3) is 3.00. The van der Waals surface area contributed by atoms with Gasteiger partial charge in [-0.2, -0.15) is 0 Å². The molecule has 1 heterocycles. The van der Waals surface area contributed by atoms with Gasteiger partial charge in [-0.3, -0.25) is 4.79 Å². The fraction of sp³-hybridized carbons (Fsp3) is 0.409. The Kier molecular flexibility index (Phi) is 4.38. The van der Waals surface area contributed by atoms with Crippen molar-refractivity contribution in [2.75, 3.05) is 29.0 Å². The van der Waals surface area contributed by atoms with Crippen molar-refractivity contribution in [1.29, 1.82) is 0 Å². The Morgan fingerprint density at radius 2 is 2.07 bits per heavy atom. The molecule has 1 aliphatic heterocycles. The molecule has 2 aromatic rings. The predicted octanol–water partition coefficient (Wildman–Crippen LogP) is 5.01. The maximum atomic E-state index is 12.7. The number of para-hydroxylation sites is 1. The summed E-state index contributed by atoms with van der Waals surface area (Å²) < 4.78 is 8.92. The summed E-state index contributed by atoms with van der Waals surface area (Å²) >= 11 is 1.53. The summed E-state index contributed by atoms with van der Waals surface area (Å²) in [5.74, 6) is 1.78. The highest BCUT2D eigenvalue weighted by Crippen LogP contribution is 2.54. The number of hydrogen-bond donors (Lipinski definition) is 3.